The van der Waals surface area contributed by atoms with Gasteiger partial charge in [-0.2, -0.15) is 0 Å². The zero-order chi connectivity index (χ0) is 19.5. The second-order valence-corrected chi connectivity index (χ2v) is 8.26. The Bertz CT molecular complexity index is 970. The Morgan fingerprint density at radius 1 is 1.07 bits per heavy atom. The fourth-order valence-corrected chi connectivity index (χ4v) is 4.61. The van der Waals surface area contributed by atoms with E-state index >= 15 is 0 Å². The first kappa shape index (κ1) is 18.7. The van der Waals surface area contributed by atoms with E-state index < -0.39 is 0 Å². The van der Waals surface area contributed by atoms with Gasteiger partial charge in [0, 0.05) is 25.2 Å². The van der Waals surface area contributed by atoms with E-state index in [1.54, 1.807) is 0 Å². The predicted octanol–water partition coefficient (Wildman–Crippen LogP) is 4.03. The molecule has 1 aliphatic rings. The number of aromatic nitrogens is 3. The van der Waals surface area contributed by atoms with Crippen molar-refractivity contribution in [1.82, 2.24) is 19.7 Å². The summed E-state index contributed by atoms with van der Waals surface area (Å²) in [4.78, 5) is 15.0. The van der Waals surface area contributed by atoms with Gasteiger partial charge in [-0.3, -0.25) is 4.79 Å². The molecule has 144 valence electrons. The van der Waals surface area contributed by atoms with Crippen LogP contribution in [0.4, 0.5) is 0 Å². The van der Waals surface area contributed by atoms with Gasteiger partial charge in [-0.1, -0.05) is 66.4 Å². The molecule has 0 saturated carbocycles. The number of benzene rings is 2. The van der Waals surface area contributed by atoms with Gasteiger partial charge in [0.2, 0.25) is 5.91 Å². The number of carbonyl (C=O) groups is 1. The number of hydrogen-bond donors (Lipinski definition) is 0. The van der Waals surface area contributed by atoms with Crippen LogP contribution in [0.2, 0.25) is 0 Å². The molecule has 1 amide bonds. The van der Waals surface area contributed by atoms with Gasteiger partial charge in [0.15, 0.2) is 11.0 Å². The molecule has 5 nitrogen and oxygen atoms in total. The maximum absolute atomic E-state index is 13.0. The lowest BCUT2D eigenvalue weighted by molar-refractivity contribution is -0.131. The monoisotopic (exact) mass is 392 g/mol. The van der Waals surface area contributed by atoms with Gasteiger partial charge in [-0.25, -0.2) is 0 Å². The highest BCUT2D eigenvalue weighted by Gasteiger charge is 2.27. The van der Waals surface area contributed by atoms with Crippen LogP contribution in [0.25, 0.3) is 11.4 Å². The van der Waals surface area contributed by atoms with Crippen molar-refractivity contribution < 1.29 is 4.79 Å². The number of carbonyl (C=O) groups excluding carboxylic acids is 1. The molecule has 4 rings (SSSR count). The second-order valence-electron chi connectivity index (χ2n) is 6.96. The van der Waals surface area contributed by atoms with E-state index in [-0.39, 0.29) is 11.2 Å². The van der Waals surface area contributed by atoms with Crippen LogP contribution in [0.15, 0.2) is 59.8 Å². The predicted molar refractivity (Wildman–Crippen MR) is 112 cm³/mol. The van der Waals surface area contributed by atoms with E-state index in [0.29, 0.717) is 6.54 Å². The Hall–Kier alpha value is -2.60. The summed E-state index contributed by atoms with van der Waals surface area (Å²) in [6.45, 7) is 6.27. The van der Waals surface area contributed by atoms with E-state index in [9.17, 15) is 4.79 Å². The standard InChI is InChI=1S/C22H24N4OS/c1-3-26-20(18-10-5-4-6-11-18)23-24-22(26)28-16(2)21(27)25-14-13-17-9-7-8-12-19(17)15-25/h4-12,16H,3,13-15H2,1-2H3/t16-/m1/s1. The molecule has 2 heterocycles. The zero-order valence-electron chi connectivity index (χ0n) is 16.2. The molecule has 6 heteroatoms. The van der Waals surface area contributed by atoms with Gasteiger partial charge in [-0.05, 0) is 31.4 Å². The van der Waals surface area contributed by atoms with Gasteiger partial charge < -0.3 is 9.47 Å². The third-order valence-corrected chi connectivity index (χ3v) is 6.21. The van der Waals surface area contributed by atoms with Crippen molar-refractivity contribution in [3.63, 3.8) is 0 Å². The van der Waals surface area contributed by atoms with Gasteiger partial charge in [-0.15, -0.1) is 10.2 Å². The van der Waals surface area contributed by atoms with Crippen LogP contribution in [-0.4, -0.2) is 37.4 Å². The molecule has 0 fully saturated rings. The molecular formula is C22H24N4OS. The Kier molecular flexibility index (Phi) is 5.48. The molecule has 3 aromatic rings. The highest BCUT2D eigenvalue weighted by Crippen LogP contribution is 2.28. The van der Waals surface area contributed by atoms with Crippen LogP contribution in [0.3, 0.4) is 0 Å². The molecule has 0 aliphatic carbocycles. The molecule has 0 radical (unpaired) electrons. The Morgan fingerprint density at radius 3 is 2.54 bits per heavy atom. The summed E-state index contributed by atoms with van der Waals surface area (Å²) in [6.07, 6.45) is 0.919. The van der Waals surface area contributed by atoms with Gasteiger partial charge in [0.1, 0.15) is 0 Å². The average molecular weight is 393 g/mol. The minimum atomic E-state index is -0.205. The van der Waals surface area contributed by atoms with Crippen LogP contribution < -0.4 is 0 Å². The lowest BCUT2D eigenvalue weighted by atomic mass is 10.00. The maximum Gasteiger partial charge on any atom is 0.236 e. The fraction of sp³-hybridized carbons (Fsp3) is 0.318. The van der Waals surface area contributed by atoms with Gasteiger partial charge in [0.25, 0.3) is 0 Å². The average Bonchev–Trinajstić information content (AvgIpc) is 3.15. The molecule has 0 saturated heterocycles. The van der Waals surface area contributed by atoms with Gasteiger partial charge in [0.05, 0.1) is 5.25 Å². The van der Waals surface area contributed by atoms with Crippen molar-refractivity contribution in [3.8, 4) is 11.4 Å². The molecule has 1 atom stereocenters. The van der Waals surface area contributed by atoms with Crippen molar-refractivity contribution >= 4 is 17.7 Å². The Morgan fingerprint density at radius 2 is 1.79 bits per heavy atom. The SMILES string of the molecule is CCn1c(S[C@H](C)C(=O)N2CCc3ccccc3C2)nnc1-c1ccccc1. The lowest BCUT2D eigenvalue weighted by Gasteiger charge is -2.30. The van der Waals surface area contributed by atoms with E-state index in [4.69, 9.17) is 0 Å². The highest BCUT2D eigenvalue weighted by atomic mass is 32.2. The highest BCUT2D eigenvalue weighted by molar-refractivity contribution is 8.00. The molecule has 28 heavy (non-hydrogen) atoms. The minimum Gasteiger partial charge on any atom is -0.337 e. The summed E-state index contributed by atoms with van der Waals surface area (Å²) < 4.78 is 2.08. The summed E-state index contributed by atoms with van der Waals surface area (Å²) in [6, 6.07) is 18.4. The molecule has 0 unspecified atom stereocenters. The summed E-state index contributed by atoms with van der Waals surface area (Å²) in [5, 5.41) is 9.34. The first-order valence-corrected chi connectivity index (χ1v) is 10.6. The van der Waals surface area contributed by atoms with Crippen molar-refractivity contribution in [1.29, 1.82) is 0 Å². The Balaban J connectivity index is 1.49. The van der Waals surface area contributed by atoms with Gasteiger partial charge >= 0.3 is 0 Å². The van der Waals surface area contributed by atoms with Crippen LogP contribution in [0.5, 0.6) is 0 Å². The minimum absolute atomic E-state index is 0.159. The smallest absolute Gasteiger partial charge is 0.236 e. The number of hydrogen-bond acceptors (Lipinski definition) is 4. The van der Waals surface area contributed by atoms with Crippen LogP contribution in [0.1, 0.15) is 25.0 Å². The summed E-state index contributed by atoms with van der Waals surface area (Å²) in [5.41, 5.74) is 3.64. The molecule has 1 aliphatic heterocycles. The van der Waals surface area contributed by atoms with Crippen molar-refractivity contribution in [2.45, 2.75) is 43.8 Å². The lowest BCUT2D eigenvalue weighted by Crippen LogP contribution is -2.40. The normalized spacial score (nSPS) is 14.6. The number of thioether (sulfide) groups is 1. The number of amides is 1. The Labute approximate surface area is 169 Å². The quantitative estimate of drug-likeness (QED) is 0.615. The van der Waals surface area contributed by atoms with Crippen LogP contribution in [-0.2, 0) is 24.3 Å². The molecular weight excluding hydrogens is 368 g/mol. The molecule has 0 N–H and O–H groups in total. The largest absolute Gasteiger partial charge is 0.337 e. The fourth-order valence-electron chi connectivity index (χ4n) is 3.61. The number of rotatable bonds is 5. The molecule has 0 bridgehead atoms. The second kappa shape index (κ2) is 8.19. The molecule has 2 aromatic carbocycles. The molecule has 0 spiro atoms. The zero-order valence-corrected chi connectivity index (χ0v) is 17.0. The first-order valence-electron chi connectivity index (χ1n) is 9.68. The third kappa shape index (κ3) is 3.69. The van der Waals surface area contributed by atoms with E-state index in [1.807, 2.05) is 48.2 Å². The van der Waals surface area contributed by atoms with E-state index in [0.717, 1.165) is 36.1 Å². The number of fused-ring (bicyclic) bond motifs is 1. The first-order chi connectivity index (χ1) is 13.7. The maximum atomic E-state index is 13.0. The third-order valence-electron chi connectivity index (χ3n) is 5.14. The van der Waals surface area contributed by atoms with Crippen molar-refractivity contribution in [2.24, 2.45) is 0 Å². The van der Waals surface area contributed by atoms with Crippen molar-refractivity contribution in [3.05, 3.63) is 65.7 Å². The van der Waals surface area contributed by atoms with E-state index in [2.05, 4.69) is 39.9 Å². The summed E-state index contributed by atoms with van der Waals surface area (Å²) in [5.74, 6) is 1.00. The summed E-state index contributed by atoms with van der Waals surface area (Å²) in [7, 11) is 0. The van der Waals surface area contributed by atoms with E-state index in [1.165, 1.54) is 22.9 Å². The topological polar surface area (TPSA) is 51.0 Å². The summed E-state index contributed by atoms with van der Waals surface area (Å²) >= 11 is 1.49. The molecule has 1 aromatic heterocycles. The van der Waals surface area contributed by atoms with Crippen LogP contribution in [0, 0.1) is 0 Å². The number of nitrogens with zero attached hydrogens (tertiary/aromatic N) is 4. The van der Waals surface area contributed by atoms with Crippen molar-refractivity contribution in [2.75, 3.05) is 6.54 Å². The van der Waals surface area contributed by atoms with Crippen LogP contribution >= 0.6 is 11.8 Å².